The molecule has 2 aromatic rings. The van der Waals surface area contributed by atoms with Crippen molar-refractivity contribution in [3.63, 3.8) is 0 Å². The van der Waals surface area contributed by atoms with Gasteiger partial charge in [-0.15, -0.1) is 0 Å². The van der Waals surface area contributed by atoms with Crippen molar-refractivity contribution in [3.8, 4) is 17.6 Å². The molecule has 0 aromatic heterocycles. The van der Waals surface area contributed by atoms with Crippen molar-refractivity contribution in [2.45, 2.75) is 22.8 Å². The van der Waals surface area contributed by atoms with Gasteiger partial charge in [0, 0.05) is 23.4 Å². The van der Waals surface area contributed by atoms with Crippen LogP contribution in [0.4, 0.5) is 17.6 Å². The fraction of sp³-hybridized carbons (Fsp3) is 0.316. The summed E-state index contributed by atoms with van der Waals surface area (Å²) in [5, 5.41) is 8.95. The van der Waals surface area contributed by atoms with Gasteiger partial charge in [0.25, 0.3) is 5.79 Å². The van der Waals surface area contributed by atoms with Crippen molar-refractivity contribution in [1.29, 1.82) is 5.26 Å². The van der Waals surface area contributed by atoms with Gasteiger partial charge >= 0.3 is 5.92 Å². The van der Waals surface area contributed by atoms with Crippen LogP contribution in [0, 0.1) is 17.1 Å². The average Bonchev–Trinajstić information content (AvgIpc) is 3.22. The molecule has 1 spiro atoms. The largest absolute Gasteiger partial charge is 0.457 e. The second-order valence-electron chi connectivity index (χ2n) is 6.81. The van der Waals surface area contributed by atoms with Crippen LogP contribution >= 0.6 is 0 Å². The molecule has 158 valence electrons. The molecule has 0 saturated carbocycles. The first-order valence-corrected chi connectivity index (χ1v) is 10.5. The molecule has 1 heterocycles. The number of benzene rings is 2. The second-order valence-corrected chi connectivity index (χ2v) is 8.80. The van der Waals surface area contributed by atoms with Crippen LogP contribution in [0.3, 0.4) is 0 Å². The normalized spacial score (nSPS) is 21.4. The third kappa shape index (κ3) is 2.86. The molecule has 1 aliphatic heterocycles. The number of hydrogen-bond acceptors (Lipinski definition) is 6. The van der Waals surface area contributed by atoms with Crippen LogP contribution in [0.5, 0.6) is 11.5 Å². The van der Waals surface area contributed by atoms with Crippen LogP contribution in [0.15, 0.2) is 35.2 Å². The van der Waals surface area contributed by atoms with Crippen molar-refractivity contribution in [2.24, 2.45) is 0 Å². The van der Waals surface area contributed by atoms with Crippen LogP contribution in [0.25, 0.3) is 0 Å². The van der Waals surface area contributed by atoms with Gasteiger partial charge in [-0.25, -0.2) is 17.2 Å². The Balaban J connectivity index is 1.96. The van der Waals surface area contributed by atoms with E-state index in [-0.39, 0.29) is 24.5 Å². The summed E-state index contributed by atoms with van der Waals surface area (Å²) >= 11 is 0. The SMILES string of the molecule is CS(=O)(=O)c1ccc(Oc2cc(F)cc(C#N)c2)c2c1C1(OCCO1)C(F)(F)[C@@H]2F. The van der Waals surface area contributed by atoms with Gasteiger partial charge in [0.1, 0.15) is 17.3 Å². The minimum atomic E-state index is -4.26. The Labute approximate surface area is 168 Å². The Hall–Kier alpha value is -2.68. The van der Waals surface area contributed by atoms with Gasteiger partial charge in [-0.2, -0.15) is 14.0 Å². The third-order valence-electron chi connectivity index (χ3n) is 4.83. The van der Waals surface area contributed by atoms with Gasteiger partial charge in [-0.05, 0) is 24.3 Å². The van der Waals surface area contributed by atoms with Gasteiger partial charge in [0.15, 0.2) is 16.0 Å². The van der Waals surface area contributed by atoms with E-state index in [0.29, 0.717) is 0 Å². The molecule has 11 heteroatoms. The molecule has 1 fully saturated rings. The number of hydrogen-bond donors (Lipinski definition) is 0. The molecular formula is C19H13F4NO5S. The van der Waals surface area contributed by atoms with Gasteiger partial charge in [-0.1, -0.05) is 0 Å². The van der Waals surface area contributed by atoms with E-state index in [1.54, 1.807) is 6.07 Å². The van der Waals surface area contributed by atoms with Crippen molar-refractivity contribution in [3.05, 3.63) is 52.8 Å². The Bertz CT molecular complexity index is 1190. The van der Waals surface area contributed by atoms with Crippen LogP contribution in [0.1, 0.15) is 22.9 Å². The van der Waals surface area contributed by atoms with Crippen molar-refractivity contribution >= 4 is 9.84 Å². The lowest BCUT2D eigenvalue weighted by atomic mass is 10.1. The van der Waals surface area contributed by atoms with Gasteiger partial charge in [-0.3, -0.25) is 0 Å². The maximum atomic E-state index is 15.0. The summed E-state index contributed by atoms with van der Waals surface area (Å²) in [5.74, 6) is -8.76. The van der Waals surface area contributed by atoms with Gasteiger partial charge < -0.3 is 14.2 Å². The highest BCUT2D eigenvalue weighted by atomic mass is 32.2. The highest BCUT2D eigenvalue weighted by molar-refractivity contribution is 7.90. The molecule has 2 aliphatic rings. The fourth-order valence-electron chi connectivity index (χ4n) is 3.65. The van der Waals surface area contributed by atoms with Gasteiger partial charge in [0.05, 0.1) is 29.7 Å². The van der Waals surface area contributed by atoms with Crippen LogP contribution in [0.2, 0.25) is 0 Å². The molecule has 6 nitrogen and oxygen atoms in total. The minimum absolute atomic E-state index is 0.115. The van der Waals surface area contributed by atoms with E-state index in [9.17, 15) is 21.6 Å². The molecule has 0 unspecified atom stereocenters. The summed E-state index contributed by atoms with van der Waals surface area (Å²) in [7, 11) is -4.09. The number of ether oxygens (including phenoxy) is 3. The molecular weight excluding hydrogens is 430 g/mol. The summed E-state index contributed by atoms with van der Waals surface area (Å²) in [4.78, 5) is -0.594. The minimum Gasteiger partial charge on any atom is -0.457 e. The molecule has 0 amide bonds. The molecule has 0 N–H and O–H groups in total. The number of alkyl halides is 3. The monoisotopic (exact) mass is 443 g/mol. The molecule has 4 rings (SSSR count). The average molecular weight is 443 g/mol. The van der Waals surface area contributed by atoms with Crippen LogP contribution in [-0.2, 0) is 25.1 Å². The lowest BCUT2D eigenvalue weighted by molar-refractivity contribution is -0.308. The van der Waals surface area contributed by atoms with Crippen molar-refractivity contribution in [2.75, 3.05) is 19.5 Å². The summed E-state index contributed by atoms with van der Waals surface area (Å²) in [5.41, 5.74) is -1.57. The molecule has 1 aliphatic carbocycles. The Kier molecular flexibility index (Phi) is 4.57. The van der Waals surface area contributed by atoms with E-state index in [2.05, 4.69) is 0 Å². The zero-order chi connectivity index (χ0) is 21.9. The first-order valence-electron chi connectivity index (χ1n) is 8.57. The summed E-state index contributed by atoms with van der Waals surface area (Å²) in [6.45, 7) is -0.600. The quantitative estimate of drug-likeness (QED) is 0.672. The molecule has 0 bridgehead atoms. The Morgan fingerprint density at radius 1 is 1.20 bits per heavy atom. The van der Waals surface area contributed by atoms with E-state index in [4.69, 9.17) is 19.5 Å². The van der Waals surface area contributed by atoms with E-state index in [1.165, 1.54) is 0 Å². The van der Waals surface area contributed by atoms with E-state index >= 15 is 4.39 Å². The topological polar surface area (TPSA) is 85.6 Å². The number of fused-ring (bicyclic) bond motifs is 2. The Morgan fingerprint density at radius 2 is 1.87 bits per heavy atom. The predicted molar refractivity (Wildman–Crippen MR) is 93.1 cm³/mol. The number of halogens is 4. The third-order valence-corrected chi connectivity index (χ3v) is 5.97. The van der Waals surface area contributed by atoms with Gasteiger partial charge in [0.2, 0.25) is 0 Å². The molecule has 1 atom stereocenters. The number of nitriles is 1. The molecule has 1 saturated heterocycles. The van der Waals surface area contributed by atoms with Crippen molar-refractivity contribution in [1.82, 2.24) is 0 Å². The lowest BCUT2D eigenvalue weighted by Crippen LogP contribution is -2.44. The lowest BCUT2D eigenvalue weighted by Gasteiger charge is -2.30. The number of nitrogens with zero attached hydrogens (tertiary/aromatic N) is 1. The van der Waals surface area contributed by atoms with Crippen molar-refractivity contribution < 1.29 is 40.2 Å². The first kappa shape index (κ1) is 20.6. The van der Waals surface area contributed by atoms with E-state index in [1.807, 2.05) is 0 Å². The highest BCUT2D eigenvalue weighted by Gasteiger charge is 2.73. The van der Waals surface area contributed by atoms with E-state index < -0.39 is 55.3 Å². The fourth-order valence-corrected chi connectivity index (χ4v) is 4.58. The summed E-state index contributed by atoms with van der Waals surface area (Å²) in [6, 6.07) is 6.58. The molecule has 0 radical (unpaired) electrons. The smallest absolute Gasteiger partial charge is 0.340 e. The predicted octanol–water partition coefficient (Wildman–Crippen LogP) is 3.75. The summed E-state index contributed by atoms with van der Waals surface area (Å²) < 4.78 is 98.8. The van der Waals surface area contributed by atoms with E-state index in [0.717, 1.165) is 36.6 Å². The summed E-state index contributed by atoms with van der Waals surface area (Å²) in [6.07, 6.45) is -2.24. The molecule has 30 heavy (non-hydrogen) atoms. The Morgan fingerprint density at radius 3 is 2.47 bits per heavy atom. The number of rotatable bonds is 3. The maximum Gasteiger partial charge on any atom is 0.340 e. The van der Waals surface area contributed by atoms with Crippen LogP contribution in [-0.4, -0.2) is 33.8 Å². The standard InChI is InChI=1S/C19H13F4NO5S/c1-30(25,26)14-3-2-13(29-12-7-10(9-24)6-11(20)8-12)15-16(14)19(27-4-5-28-19)18(22,23)17(15)21/h2-3,6-8,17H,4-5H2,1H3/t17-/m1/s1. The first-order chi connectivity index (χ1) is 14.0. The number of sulfone groups is 1. The molecule has 2 aromatic carbocycles. The second kappa shape index (κ2) is 6.66. The zero-order valence-corrected chi connectivity index (χ0v) is 16.1. The zero-order valence-electron chi connectivity index (χ0n) is 15.3. The highest BCUT2D eigenvalue weighted by Crippen LogP contribution is 2.63. The maximum absolute atomic E-state index is 15.0. The van der Waals surface area contributed by atoms with Crippen LogP contribution < -0.4 is 4.74 Å².